The van der Waals surface area contributed by atoms with Crippen molar-refractivity contribution in [1.29, 1.82) is 0 Å². The Hall–Kier alpha value is -2.75. The average molecular weight is 334 g/mol. The minimum Gasteiger partial charge on any atom is -0.421 e. The quantitative estimate of drug-likeness (QED) is 0.540. The smallest absolute Gasteiger partial charge is 0.247 e. The molecule has 128 valence electrons. The van der Waals surface area contributed by atoms with Crippen LogP contribution in [0.25, 0.3) is 11.5 Å². The van der Waals surface area contributed by atoms with E-state index in [-0.39, 0.29) is 0 Å². The summed E-state index contributed by atoms with van der Waals surface area (Å²) in [7, 11) is 0. The van der Waals surface area contributed by atoms with E-state index >= 15 is 0 Å². The Balaban J connectivity index is 1.76. The summed E-state index contributed by atoms with van der Waals surface area (Å²) < 4.78 is 5.86. The van der Waals surface area contributed by atoms with Gasteiger partial charge in [-0.2, -0.15) is 0 Å². The number of carbonyl (C=O) groups is 1. The van der Waals surface area contributed by atoms with Crippen LogP contribution in [0.5, 0.6) is 0 Å². The second kappa shape index (κ2) is 8.38. The molecule has 0 aliphatic rings. The normalized spacial score (nSPS) is 12.0. The number of hydrogen-bond acceptors (Lipinski definition) is 4. The maximum atomic E-state index is 10.7. The molecule has 3 rings (SSSR count). The second-order valence-electron chi connectivity index (χ2n) is 6.19. The van der Waals surface area contributed by atoms with Crippen LogP contribution < -0.4 is 0 Å². The predicted molar refractivity (Wildman–Crippen MR) is 97.5 cm³/mol. The molecule has 4 nitrogen and oxygen atoms in total. The van der Waals surface area contributed by atoms with E-state index < -0.39 is 0 Å². The molecule has 0 fully saturated rings. The molecule has 0 spiro atoms. The number of hydrogen-bond donors (Lipinski definition) is 0. The van der Waals surface area contributed by atoms with Crippen molar-refractivity contribution >= 4 is 6.29 Å². The van der Waals surface area contributed by atoms with Gasteiger partial charge in [-0.05, 0) is 30.0 Å². The third kappa shape index (κ3) is 4.41. The summed E-state index contributed by atoms with van der Waals surface area (Å²) in [6, 6.07) is 17.7. The van der Waals surface area contributed by atoms with E-state index in [4.69, 9.17) is 4.42 Å². The summed E-state index contributed by atoms with van der Waals surface area (Å²) in [5.41, 5.74) is 2.77. The molecule has 3 aromatic rings. The molecule has 0 unspecified atom stereocenters. The van der Waals surface area contributed by atoms with Gasteiger partial charge in [-0.25, -0.2) is 0 Å². The van der Waals surface area contributed by atoms with Crippen molar-refractivity contribution in [1.82, 2.24) is 10.2 Å². The summed E-state index contributed by atoms with van der Waals surface area (Å²) in [4.78, 5) is 10.7. The summed E-state index contributed by atoms with van der Waals surface area (Å²) in [6.45, 7) is 2.20. The van der Waals surface area contributed by atoms with Gasteiger partial charge in [0.15, 0.2) is 0 Å². The summed E-state index contributed by atoms with van der Waals surface area (Å²) in [5, 5.41) is 8.39. The monoisotopic (exact) mass is 334 g/mol. The highest BCUT2D eigenvalue weighted by Gasteiger charge is 2.16. The van der Waals surface area contributed by atoms with E-state index in [0.717, 1.165) is 24.7 Å². The van der Waals surface area contributed by atoms with Gasteiger partial charge in [0.25, 0.3) is 0 Å². The Bertz CT molecular complexity index is 794. The fourth-order valence-electron chi connectivity index (χ4n) is 2.93. The fourth-order valence-corrected chi connectivity index (χ4v) is 2.93. The topological polar surface area (TPSA) is 56.0 Å². The van der Waals surface area contributed by atoms with Crippen LogP contribution in [0.1, 0.15) is 53.9 Å². The van der Waals surface area contributed by atoms with Crippen LogP contribution in [0.2, 0.25) is 0 Å². The first-order valence-electron chi connectivity index (χ1n) is 8.73. The number of aldehydes is 1. The van der Waals surface area contributed by atoms with Crippen molar-refractivity contribution < 1.29 is 9.21 Å². The van der Waals surface area contributed by atoms with Crippen LogP contribution in [0.3, 0.4) is 0 Å². The van der Waals surface area contributed by atoms with Crippen LogP contribution in [0.4, 0.5) is 0 Å². The van der Waals surface area contributed by atoms with E-state index in [1.54, 1.807) is 12.1 Å². The molecule has 25 heavy (non-hydrogen) atoms. The van der Waals surface area contributed by atoms with Crippen molar-refractivity contribution in [2.45, 2.75) is 38.5 Å². The Morgan fingerprint density at radius 3 is 2.48 bits per heavy atom. The molecule has 4 heteroatoms. The number of nitrogens with zero attached hydrogens (tertiary/aromatic N) is 2. The lowest BCUT2D eigenvalue weighted by Crippen LogP contribution is -2.03. The lowest BCUT2D eigenvalue weighted by Gasteiger charge is -2.15. The summed E-state index contributed by atoms with van der Waals surface area (Å²) in [6.07, 6.45) is 5.01. The minimum absolute atomic E-state index is 0.381. The molecule has 1 atom stereocenters. The van der Waals surface area contributed by atoms with E-state index in [1.165, 1.54) is 18.4 Å². The van der Waals surface area contributed by atoms with E-state index in [9.17, 15) is 4.79 Å². The standard InChI is InChI=1S/C21H22N2O2/c1-2-3-7-19(17-8-5-4-6-9-17)14-20-22-23-21(25-20)18-12-10-16(15-24)11-13-18/h4-6,8-13,15,19H,2-3,7,14H2,1H3/t19-/m0/s1. The average Bonchev–Trinajstić information content (AvgIpc) is 3.14. The van der Waals surface area contributed by atoms with Crippen LogP contribution in [0.15, 0.2) is 59.0 Å². The molecule has 1 heterocycles. The SMILES string of the molecule is CCCC[C@@H](Cc1nnc(-c2ccc(C=O)cc2)o1)c1ccccc1. The first-order valence-corrected chi connectivity index (χ1v) is 8.73. The molecule has 2 aromatic carbocycles. The van der Waals surface area contributed by atoms with Crippen LogP contribution >= 0.6 is 0 Å². The van der Waals surface area contributed by atoms with E-state index in [2.05, 4.69) is 41.4 Å². The third-order valence-corrected chi connectivity index (χ3v) is 4.36. The zero-order valence-corrected chi connectivity index (χ0v) is 14.4. The zero-order valence-electron chi connectivity index (χ0n) is 14.4. The van der Waals surface area contributed by atoms with Gasteiger partial charge in [0, 0.05) is 17.5 Å². The van der Waals surface area contributed by atoms with Crippen molar-refractivity contribution in [2.24, 2.45) is 0 Å². The van der Waals surface area contributed by atoms with E-state index in [0.29, 0.717) is 23.3 Å². The molecule has 0 saturated heterocycles. The van der Waals surface area contributed by atoms with Crippen LogP contribution in [0, 0.1) is 0 Å². The van der Waals surface area contributed by atoms with Crippen molar-refractivity contribution in [3.8, 4) is 11.5 Å². The number of aromatic nitrogens is 2. The Morgan fingerprint density at radius 2 is 1.80 bits per heavy atom. The highest BCUT2D eigenvalue weighted by atomic mass is 16.4. The van der Waals surface area contributed by atoms with Crippen molar-refractivity contribution in [2.75, 3.05) is 0 Å². The molecule has 0 aliphatic carbocycles. The molecule has 0 bridgehead atoms. The van der Waals surface area contributed by atoms with Crippen LogP contribution in [-0.4, -0.2) is 16.5 Å². The fraction of sp³-hybridized carbons (Fsp3) is 0.286. The van der Waals surface area contributed by atoms with Gasteiger partial charge in [0.1, 0.15) is 6.29 Å². The van der Waals surface area contributed by atoms with Crippen molar-refractivity contribution in [3.05, 3.63) is 71.6 Å². The van der Waals surface area contributed by atoms with Gasteiger partial charge in [0.2, 0.25) is 11.8 Å². The minimum atomic E-state index is 0.381. The molecule has 0 saturated carbocycles. The van der Waals surface area contributed by atoms with Crippen molar-refractivity contribution in [3.63, 3.8) is 0 Å². The molecule has 0 radical (unpaired) electrons. The van der Waals surface area contributed by atoms with Gasteiger partial charge in [-0.3, -0.25) is 4.79 Å². The molecule has 1 aromatic heterocycles. The number of unbranched alkanes of at least 4 members (excludes halogenated alkanes) is 1. The van der Waals surface area contributed by atoms with Gasteiger partial charge < -0.3 is 4.42 Å². The Labute approximate surface area is 147 Å². The second-order valence-corrected chi connectivity index (χ2v) is 6.19. The van der Waals surface area contributed by atoms with Gasteiger partial charge >= 0.3 is 0 Å². The molecule has 0 aliphatic heterocycles. The van der Waals surface area contributed by atoms with Gasteiger partial charge in [-0.1, -0.05) is 62.2 Å². The van der Waals surface area contributed by atoms with Gasteiger partial charge in [-0.15, -0.1) is 10.2 Å². The maximum Gasteiger partial charge on any atom is 0.247 e. The predicted octanol–water partition coefficient (Wildman–Crippen LogP) is 5.07. The largest absolute Gasteiger partial charge is 0.421 e. The maximum absolute atomic E-state index is 10.7. The zero-order chi connectivity index (χ0) is 17.5. The first kappa shape index (κ1) is 17.1. The number of carbonyl (C=O) groups excluding carboxylic acids is 1. The highest BCUT2D eigenvalue weighted by molar-refractivity contribution is 5.75. The third-order valence-electron chi connectivity index (χ3n) is 4.36. The molecular weight excluding hydrogens is 312 g/mol. The van der Waals surface area contributed by atoms with E-state index in [1.807, 2.05) is 18.2 Å². The Morgan fingerprint density at radius 1 is 1.04 bits per heavy atom. The Kier molecular flexibility index (Phi) is 5.73. The summed E-state index contributed by atoms with van der Waals surface area (Å²) in [5.74, 6) is 1.53. The molecular formula is C21H22N2O2. The van der Waals surface area contributed by atoms with Crippen LogP contribution in [-0.2, 0) is 6.42 Å². The summed E-state index contributed by atoms with van der Waals surface area (Å²) >= 11 is 0. The first-order chi connectivity index (χ1) is 12.3. The molecule has 0 amide bonds. The molecule has 0 N–H and O–H groups in total. The number of benzene rings is 2. The lowest BCUT2D eigenvalue weighted by atomic mass is 9.91. The lowest BCUT2D eigenvalue weighted by molar-refractivity contribution is 0.112. The number of rotatable bonds is 8. The van der Waals surface area contributed by atoms with Gasteiger partial charge in [0.05, 0.1) is 0 Å². The highest BCUT2D eigenvalue weighted by Crippen LogP contribution is 2.27.